The number of carbonyl (C=O) groups is 1. The van der Waals surface area contributed by atoms with Crippen molar-refractivity contribution >= 4 is 17.2 Å². The molecular weight excluding hydrogens is 224 g/mol. The van der Waals surface area contributed by atoms with Gasteiger partial charge >= 0.3 is 0 Å². The highest BCUT2D eigenvalue weighted by molar-refractivity contribution is 7.10. The molecule has 1 atom stereocenters. The average Bonchev–Trinajstić information content (AvgIpc) is 2.81. The summed E-state index contributed by atoms with van der Waals surface area (Å²) in [5.41, 5.74) is 5.77. The maximum atomic E-state index is 11.6. The van der Waals surface area contributed by atoms with Crippen LogP contribution in [0.2, 0.25) is 0 Å². The average molecular weight is 240 g/mol. The second kappa shape index (κ2) is 7.03. The number of nitrogens with one attached hydrogen (secondary N) is 1. The summed E-state index contributed by atoms with van der Waals surface area (Å²) in [5.74, 6) is -0.152. The largest absolute Gasteiger partial charge is 0.502 e. The lowest BCUT2D eigenvalue weighted by Gasteiger charge is -2.10. The molecule has 1 amide bonds. The van der Waals surface area contributed by atoms with Crippen LogP contribution in [-0.4, -0.2) is 19.1 Å². The molecule has 3 N–H and O–H groups in total. The van der Waals surface area contributed by atoms with E-state index in [1.54, 1.807) is 0 Å². The smallest absolute Gasteiger partial charge is 0.242 e. The Morgan fingerprint density at radius 1 is 1.75 bits per heavy atom. The Morgan fingerprint density at radius 3 is 3.19 bits per heavy atom. The Hall–Kier alpha value is -1.33. The zero-order valence-corrected chi connectivity index (χ0v) is 9.83. The van der Waals surface area contributed by atoms with Gasteiger partial charge in [-0.1, -0.05) is 12.6 Å². The van der Waals surface area contributed by atoms with Gasteiger partial charge in [-0.3, -0.25) is 4.79 Å². The fraction of sp³-hybridized carbons (Fsp3) is 0.364. The molecule has 1 rings (SSSR count). The first-order chi connectivity index (χ1) is 7.75. The highest BCUT2D eigenvalue weighted by Crippen LogP contribution is 2.16. The summed E-state index contributed by atoms with van der Waals surface area (Å²) in [7, 11) is 0. The molecule has 0 aliphatic carbocycles. The summed E-state index contributed by atoms with van der Waals surface area (Å²) in [4.78, 5) is 12.5. The third-order valence-corrected chi connectivity index (χ3v) is 2.94. The normalized spacial score (nSPS) is 11.8. The lowest BCUT2D eigenvalue weighted by molar-refractivity contribution is -0.122. The van der Waals surface area contributed by atoms with Crippen LogP contribution >= 0.6 is 11.3 Å². The van der Waals surface area contributed by atoms with Crippen LogP contribution in [-0.2, 0) is 9.53 Å². The first-order valence-electron chi connectivity index (χ1n) is 5.05. The third-order valence-electron chi connectivity index (χ3n) is 1.99. The summed E-state index contributed by atoms with van der Waals surface area (Å²) in [6.07, 6.45) is 2.13. The monoisotopic (exact) mass is 240 g/mol. The van der Waals surface area contributed by atoms with Gasteiger partial charge in [0.25, 0.3) is 0 Å². The number of ether oxygens (including phenoxy) is 1. The van der Waals surface area contributed by atoms with Crippen molar-refractivity contribution in [2.45, 2.75) is 12.5 Å². The number of rotatable bonds is 7. The molecule has 0 aliphatic rings. The van der Waals surface area contributed by atoms with E-state index in [1.165, 1.54) is 17.6 Å². The first kappa shape index (κ1) is 12.7. The van der Waals surface area contributed by atoms with E-state index >= 15 is 0 Å². The van der Waals surface area contributed by atoms with Gasteiger partial charge in [0.15, 0.2) is 0 Å². The molecule has 0 saturated heterocycles. The minimum absolute atomic E-state index is 0.152. The molecule has 0 spiro atoms. The number of thiophene rings is 1. The first-order valence-corrected chi connectivity index (χ1v) is 5.93. The van der Waals surface area contributed by atoms with Crippen LogP contribution in [0.3, 0.4) is 0 Å². The summed E-state index contributed by atoms with van der Waals surface area (Å²) in [6.45, 7) is 4.54. The lowest BCUT2D eigenvalue weighted by Crippen LogP contribution is -2.34. The maximum absolute atomic E-state index is 11.6. The second-order valence-corrected chi connectivity index (χ2v) is 4.15. The van der Waals surface area contributed by atoms with Crippen LogP contribution in [0.1, 0.15) is 17.3 Å². The highest BCUT2D eigenvalue weighted by Gasteiger charge is 2.15. The van der Waals surface area contributed by atoms with E-state index in [1.807, 2.05) is 17.5 Å². The minimum atomic E-state index is -0.569. The molecule has 0 saturated carbocycles. The van der Waals surface area contributed by atoms with E-state index in [4.69, 9.17) is 10.5 Å². The van der Waals surface area contributed by atoms with Crippen LogP contribution in [0.25, 0.3) is 0 Å². The van der Waals surface area contributed by atoms with Gasteiger partial charge in [-0.15, -0.1) is 11.3 Å². The standard InChI is InChI=1S/C11H16N2O2S/c1-2-15-7-4-6-13-11(14)10(12)9-5-3-8-16-9/h2-3,5,8,10H,1,4,6-7,12H2,(H,13,14). The van der Waals surface area contributed by atoms with Gasteiger partial charge in [0.1, 0.15) is 6.04 Å². The summed E-state index contributed by atoms with van der Waals surface area (Å²) in [6, 6.07) is 3.17. The van der Waals surface area contributed by atoms with Gasteiger partial charge in [0, 0.05) is 11.4 Å². The third kappa shape index (κ3) is 4.04. The van der Waals surface area contributed by atoms with Crippen LogP contribution in [0.5, 0.6) is 0 Å². The van der Waals surface area contributed by atoms with E-state index in [2.05, 4.69) is 11.9 Å². The molecule has 1 aromatic heterocycles. The van der Waals surface area contributed by atoms with Crippen molar-refractivity contribution in [3.05, 3.63) is 35.2 Å². The fourth-order valence-electron chi connectivity index (χ4n) is 1.16. The predicted octanol–water partition coefficient (Wildman–Crippen LogP) is 1.41. The predicted molar refractivity (Wildman–Crippen MR) is 65.0 cm³/mol. The Bertz CT molecular complexity index is 325. The van der Waals surface area contributed by atoms with Crippen molar-refractivity contribution in [2.75, 3.05) is 13.2 Å². The van der Waals surface area contributed by atoms with Crippen LogP contribution in [0, 0.1) is 0 Å². The van der Waals surface area contributed by atoms with Gasteiger partial charge in [-0.25, -0.2) is 0 Å². The lowest BCUT2D eigenvalue weighted by atomic mass is 10.2. The van der Waals surface area contributed by atoms with Crippen LogP contribution < -0.4 is 11.1 Å². The fourth-order valence-corrected chi connectivity index (χ4v) is 1.88. The van der Waals surface area contributed by atoms with E-state index < -0.39 is 6.04 Å². The van der Waals surface area contributed by atoms with Crippen molar-refractivity contribution in [3.8, 4) is 0 Å². The van der Waals surface area contributed by atoms with Gasteiger partial charge in [-0.05, 0) is 17.9 Å². The van der Waals surface area contributed by atoms with Gasteiger partial charge < -0.3 is 15.8 Å². The van der Waals surface area contributed by atoms with Gasteiger partial charge in [0.2, 0.25) is 5.91 Å². The molecule has 0 bridgehead atoms. The van der Waals surface area contributed by atoms with Gasteiger partial charge in [-0.2, -0.15) is 0 Å². The number of nitrogens with two attached hydrogens (primary N) is 1. The number of hydrogen-bond donors (Lipinski definition) is 2. The summed E-state index contributed by atoms with van der Waals surface area (Å²) >= 11 is 1.48. The quantitative estimate of drug-likeness (QED) is 0.559. The number of amides is 1. The number of carbonyl (C=O) groups excluding carboxylic acids is 1. The van der Waals surface area contributed by atoms with E-state index in [9.17, 15) is 4.79 Å². The Balaban J connectivity index is 2.22. The molecule has 0 radical (unpaired) electrons. The zero-order valence-electron chi connectivity index (χ0n) is 9.02. The summed E-state index contributed by atoms with van der Waals surface area (Å²) in [5, 5.41) is 4.66. The zero-order chi connectivity index (χ0) is 11.8. The second-order valence-electron chi connectivity index (χ2n) is 3.18. The van der Waals surface area contributed by atoms with Crippen LogP contribution in [0.4, 0.5) is 0 Å². The molecule has 1 aromatic rings. The van der Waals surface area contributed by atoms with Crippen molar-refractivity contribution < 1.29 is 9.53 Å². The molecule has 16 heavy (non-hydrogen) atoms. The molecule has 1 heterocycles. The van der Waals surface area contributed by atoms with E-state index in [0.717, 1.165) is 11.3 Å². The maximum Gasteiger partial charge on any atom is 0.242 e. The van der Waals surface area contributed by atoms with E-state index in [0.29, 0.717) is 13.2 Å². The number of hydrogen-bond acceptors (Lipinski definition) is 4. The molecule has 1 unspecified atom stereocenters. The Morgan fingerprint density at radius 2 is 2.56 bits per heavy atom. The molecule has 0 aromatic carbocycles. The topological polar surface area (TPSA) is 64.3 Å². The van der Waals surface area contributed by atoms with Crippen molar-refractivity contribution in [1.29, 1.82) is 0 Å². The molecule has 0 aliphatic heterocycles. The molecule has 88 valence electrons. The van der Waals surface area contributed by atoms with Crippen molar-refractivity contribution in [1.82, 2.24) is 5.32 Å². The van der Waals surface area contributed by atoms with Crippen molar-refractivity contribution in [2.24, 2.45) is 5.73 Å². The van der Waals surface area contributed by atoms with Gasteiger partial charge in [0.05, 0.1) is 12.9 Å². The molecular formula is C11H16N2O2S. The Kier molecular flexibility index (Phi) is 5.60. The minimum Gasteiger partial charge on any atom is -0.502 e. The van der Waals surface area contributed by atoms with Crippen molar-refractivity contribution in [3.63, 3.8) is 0 Å². The molecule has 4 nitrogen and oxygen atoms in total. The van der Waals surface area contributed by atoms with Crippen LogP contribution in [0.15, 0.2) is 30.4 Å². The Labute approximate surface area is 99.1 Å². The highest BCUT2D eigenvalue weighted by atomic mass is 32.1. The van der Waals surface area contributed by atoms with E-state index in [-0.39, 0.29) is 5.91 Å². The summed E-state index contributed by atoms with van der Waals surface area (Å²) < 4.78 is 4.93. The molecule has 5 heteroatoms. The molecule has 0 fully saturated rings. The SMILES string of the molecule is C=COCCCNC(=O)C(N)c1cccs1.